The van der Waals surface area contributed by atoms with E-state index in [1.807, 2.05) is 11.8 Å². The molecule has 0 saturated carbocycles. The Bertz CT molecular complexity index is 891. The Morgan fingerprint density at radius 2 is 1.36 bits per heavy atom. The minimum Gasteiger partial charge on any atom is -0.790 e. The van der Waals surface area contributed by atoms with Crippen LogP contribution < -0.4 is 68.9 Å². The molecule has 1 atom stereocenters. The first-order chi connectivity index (χ1) is 16.3. The number of rotatable bonds is 17. The van der Waals surface area contributed by atoms with Crippen molar-refractivity contribution in [3.05, 3.63) is 0 Å². The van der Waals surface area contributed by atoms with E-state index in [9.17, 15) is 23.9 Å². The van der Waals surface area contributed by atoms with Gasteiger partial charge >= 0.3 is 71.1 Å². The maximum Gasteiger partial charge on any atom is 1.00 e. The van der Waals surface area contributed by atoms with Crippen LogP contribution in [-0.2, 0) is 28.2 Å². The molecule has 0 aromatic carbocycles. The fourth-order valence-corrected chi connectivity index (χ4v) is 3.06. The van der Waals surface area contributed by atoms with Crippen molar-refractivity contribution in [2.45, 2.75) is 83.7 Å². The predicted octanol–water partition coefficient (Wildman–Crippen LogP) is -3.75. The number of hydrogen-bond donors (Lipinski definition) is 0. The van der Waals surface area contributed by atoms with Crippen LogP contribution in [0.5, 0.6) is 0 Å². The van der Waals surface area contributed by atoms with Gasteiger partial charge in [0.2, 0.25) is 0 Å². The van der Waals surface area contributed by atoms with Gasteiger partial charge in [0.1, 0.15) is 6.61 Å². The molecule has 0 bridgehead atoms. The molecule has 0 rings (SSSR count). The van der Waals surface area contributed by atoms with E-state index in [0.29, 0.717) is 6.42 Å². The Labute approximate surface area is 259 Å². The van der Waals surface area contributed by atoms with Gasteiger partial charge in [0, 0.05) is 12.3 Å². The van der Waals surface area contributed by atoms with Crippen LogP contribution in [0.3, 0.4) is 0 Å². The Morgan fingerprint density at radius 3 is 1.92 bits per heavy atom. The fourth-order valence-electron chi connectivity index (χ4n) is 2.71. The second-order valence-electron chi connectivity index (χ2n) is 7.28. The van der Waals surface area contributed by atoms with E-state index < -0.39 is 39.1 Å². The first-order valence-electron chi connectivity index (χ1n) is 11.3. The first-order valence-corrected chi connectivity index (χ1v) is 12.7. The van der Waals surface area contributed by atoms with Gasteiger partial charge in [0.25, 0.3) is 0 Å². The van der Waals surface area contributed by atoms with Crippen LogP contribution in [0.15, 0.2) is 0 Å². The number of unbranched alkanes of at least 4 members (excludes halogenated alkanes) is 9. The maximum absolute atomic E-state index is 12.0. The van der Waals surface area contributed by atoms with E-state index in [2.05, 4.69) is 41.0 Å². The molecule has 0 unspecified atom stereocenters. The van der Waals surface area contributed by atoms with Crippen molar-refractivity contribution in [1.29, 1.82) is 0 Å². The molecule has 0 heterocycles. The summed E-state index contributed by atoms with van der Waals surface area (Å²) in [5.74, 6) is 13.8. The van der Waals surface area contributed by atoms with Gasteiger partial charge < -0.3 is 28.3 Å². The Balaban J connectivity index is -0.00000544. The number of phosphoric ester groups is 1. The van der Waals surface area contributed by atoms with Gasteiger partial charge in [-0.15, -0.1) is 6.42 Å². The van der Waals surface area contributed by atoms with Crippen molar-refractivity contribution in [1.82, 2.24) is 0 Å². The third kappa shape index (κ3) is 29.5. The largest absolute Gasteiger partial charge is 1.00 e. The summed E-state index contributed by atoms with van der Waals surface area (Å²) in [7, 11) is -5.29. The minimum atomic E-state index is -5.29. The number of phosphoric acid groups is 1. The summed E-state index contributed by atoms with van der Waals surface area (Å²) in [4.78, 5) is 45.1. The van der Waals surface area contributed by atoms with E-state index in [1.54, 1.807) is 0 Å². The molecule has 11 heteroatoms. The van der Waals surface area contributed by atoms with Crippen molar-refractivity contribution in [2.75, 3.05) is 13.2 Å². The monoisotopic (exact) mass is 536 g/mol. The zero-order valence-electron chi connectivity index (χ0n) is 21.6. The summed E-state index contributed by atoms with van der Waals surface area (Å²) in [6, 6.07) is 0. The molecule has 36 heavy (non-hydrogen) atoms. The van der Waals surface area contributed by atoms with Crippen LogP contribution in [0, 0.1) is 47.9 Å². The number of hydrogen-bond acceptors (Lipinski definition) is 8. The molecule has 0 saturated heterocycles. The number of terminal acetylenes is 1. The van der Waals surface area contributed by atoms with Crippen LogP contribution in [-0.4, -0.2) is 31.3 Å². The average molecular weight is 536 g/mol. The van der Waals surface area contributed by atoms with Gasteiger partial charge in [-0.05, 0) is 41.9 Å². The van der Waals surface area contributed by atoms with Crippen LogP contribution in [0.25, 0.3) is 0 Å². The summed E-state index contributed by atoms with van der Waals surface area (Å²) in [6.45, 7) is 0.879. The fraction of sp³-hybridized carbons (Fsp3) is 0.600. The zero-order chi connectivity index (χ0) is 25.5. The van der Waals surface area contributed by atoms with Crippen molar-refractivity contribution < 1.29 is 97.1 Å². The second-order valence-corrected chi connectivity index (χ2v) is 8.43. The smallest absolute Gasteiger partial charge is 0.790 e. The van der Waals surface area contributed by atoms with Gasteiger partial charge in [0.15, 0.2) is 6.10 Å². The van der Waals surface area contributed by atoms with Crippen molar-refractivity contribution in [3.63, 3.8) is 0 Å². The normalized spacial score (nSPS) is 10.2. The summed E-state index contributed by atoms with van der Waals surface area (Å²) in [6.07, 6.45) is 14.8. The van der Waals surface area contributed by atoms with Gasteiger partial charge in [-0.3, -0.25) is 4.79 Å². The molecule has 0 radical (unpaired) electrons. The number of carbonyl (C=O) groups is 2. The van der Waals surface area contributed by atoms with Crippen molar-refractivity contribution in [2.24, 2.45) is 0 Å². The van der Waals surface area contributed by atoms with Crippen molar-refractivity contribution >= 4 is 19.8 Å². The molecule has 0 aromatic heterocycles. The van der Waals surface area contributed by atoms with Crippen molar-refractivity contribution in [3.8, 4) is 47.9 Å². The van der Waals surface area contributed by atoms with E-state index in [1.165, 1.54) is 38.5 Å². The summed E-state index contributed by atoms with van der Waals surface area (Å²) in [5, 5.41) is 0. The third-order valence-electron chi connectivity index (χ3n) is 4.34. The Kier molecular flexibility index (Phi) is 30.2. The molecule has 0 spiro atoms. The zero-order valence-corrected chi connectivity index (χ0v) is 26.5. The van der Waals surface area contributed by atoms with E-state index in [-0.39, 0.29) is 65.5 Å². The standard InChI is InChI=1S/C25H33O8P.2Na/c1-3-5-7-9-11-12-13-14-16-18-20-25(27)33-23(22-32-34(28,29)30)21-31-24(26)19-17-15-10-8-6-4-2;;/h2,23H,3,5,7,9,11-14,16,18,20-22H2,1H3,(H2,28,29,30);;/q;2*+1/p-2/t23-;;/m0../s1. The predicted molar refractivity (Wildman–Crippen MR) is 123 cm³/mol. The minimum absolute atomic E-state index is 0. The van der Waals surface area contributed by atoms with Gasteiger partial charge in [0.05, 0.1) is 14.4 Å². The Morgan fingerprint density at radius 1 is 0.833 bits per heavy atom. The molecule has 186 valence electrons. The number of carbonyl (C=O) groups excluding carboxylic acids is 2. The molecule has 0 aromatic rings. The first kappa shape index (κ1) is 39.8. The van der Waals surface area contributed by atoms with E-state index >= 15 is 0 Å². The topological polar surface area (TPSA) is 125 Å². The average Bonchev–Trinajstić information content (AvgIpc) is 2.78. The molecular weight excluding hydrogens is 505 g/mol. The third-order valence-corrected chi connectivity index (χ3v) is 4.80. The van der Waals surface area contributed by atoms with E-state index in [4.69, 9.17) is 15.9 Å². The van der Waals surface area contributed by atoms with Crippen LogP contribution in [0.2, 0.25) is 0 Å². The number of ether oxygens (including phenoxy) is 2. The molecule has 0 aliphatic rings. The van der Waals surface area contributed by atoms with Gasteiger partial charge in [-0.1, -0.05) is 64.7 Å². The summed E-state index contributed by atoms with van der Waals surface area (Å²) >= 11 is 0. The van der Waals surface area contributed by atoms with Crippen LogP contribution in [0.4, 0.5) is 0 Å². The van der Waals surface area contributed by atoms with Gasteiger partial charge in [-0.2, -0.15) is 0 Å². The van der Waals surface area contributed by atoms with E-state index in [0.717, 1.165) is 19.3 Å². The maximum atomic E-state index is 12.0. The molecule has 0 N–H and O–H groups in total. The summed E-state index contributed by atoms with van der Waals surface area (Å²) < 4.78 is 24.8. The van der Waals surface area contributed by atoms with Crippen LogP contribution >= 0.6 is 7.82 Å². The second kappa shape index (κ2) is 27.3. The molecule has 0 aliphatic heterocycles. The molecule has 0 amide bonds. The molecule has 0 fully saturated rings. The Hall–Kier alpha value is -0.710. The molecule has 0 aliphatic carbocycles. The molecular formula is C25H31Na2O8P. The SMILES string of the molecule is C#CC#CC#CC#CC(=O)OC[C@@H](COP(=O)([O-])[O-])OC(=O)CCCCCCCCCCCC.[Na+].[Na+]. The summed E-state index contributed by atoms with van der Waals surface area (Å²) in [5.41, 5.74) is 0. The quantitative estimate of drug-likeness (QED) is 0.0464. The van der Waals surface area contributed by atoms with Gasteiger partial charge in [-0.25, -0.2) is 4.79 Å². The molecule has 8 nitrogen and oxygen atoms in total. The number of esters is 2. The van der Waals surface area contributed by atoms with Crippen LogP contribution in [0.1, 0.15) is 77.6 Å².